The van der Waals surface area contributed by atoms with E-state index in [1.807, 2.05) is 37.4 Å². The van der Waals surface area contributed by atoms with Crippen molar-refractivity contribution >= 4 is 46.3 Å². The summed E-state index contributed by atoms with van der Waals surface area (Å²) in [4.78, 5) is 20.5. The summed E-state index contributed by atoms with van der Waals surface area (Å²) < 4.78 is 1.66. The number of halogens is 1. The molecule has 8 nitrogen and oxygen atoms in total. The minimum absolute atomic E-state index is 0.319. The predicted molar refractivity (Wildman–Crippen MR) is 135 cm³/mol. The van der Waals surface area contributed by atoms with E-state index in [9.17, 15) is 4.79 Å². The Morgan fingerprint density at radius 3 is 2.65 bits per heavy atom. The number of benzene rings is 2. The molecule has 2 aromatic carbocycles. The number of aromatic nitrogens is 4. The van der Waals surface area contributed by atoms with E-state index in [1.54, 1.807) is 35.3 Å². The molecule has 3 N–H and O–H groups in total. The molecule has 0 atom stereocenters. The van der Waals surface area contributed by atoms with Crippen molar-refractivity contribution < 1.29 is 4.79 Å². The maximum Gasteiger partial charge on any atom is 0.247 e. The molecule has 0 saturated carbocycles. The summed E-state index contributed by atoms with van der Waals surface area (Å²) in [6.45, 7) is 3.49. The van der Waals surface area contributed by atoms with Crippen LogP contribution >= 0.6 is 11.6 Å². The summed E-state index contributed by atoms with van der Waals surface area (Å²) in [6.07, 6.45) is 6.16. The summed E-state index contributed by atoms with van der Waals surface area (Å²) in [7, 11) is 1.82. The molecule has 0 saturated heterocycles. The number of nitrogens with one attached hydrogen (secondary N) is 3. The Balaban J connectivity index is 1.67. The third-order valence-electron chi connectivity index (χ3n) is 4.55. The molecule has 0 fully saturated rings. The highest BCUT2D eigenvalue weighted by molar-refractivity contribution is 6.33. The molecule has 0 aliphatic heterocycles. The van der Waals surface area contributed by atoms with E-state index < -0.39 is 0 Å². The molecule has 0 bridgehead atoms. The van der Waals surface area contributed by atoms with Gasteiger partial charge in [-0.15, -0.1) is 0 Å². The molecule has 9 heteroatoms. The number of nitrogens with zero attached hydrogens (tertiary/aromatic N) is 4. The number of carbonyl (C=O) groups excluding carboxylic acids is 1. The maximum atomic E-state index is 11.8. The Hall–Kier alpha value is -4.61. The molecular formula is C25H20ClN7O. The van der Waals surface area contributed by atoms with E-state index in [2.05, 4.69) is 49.4 Å². The van der Waals surface area contributed by atoms with E-state index in [0.29, 0.717) is 33.7 Å². The zero-order valence-electron chi connectivity index (χ0n) is 18.2. The lowest BCUT2D eigenvalue weighted by Crippen LogP contribution is -2.08. The van der Waals surface area contributed by atoms with Gasteiger partial charge in [0, 0.05) is 30.1 Å². The molecule has 168 valence electrons. The van der Waals surface area contributed by atoms with Gasteiger partial charge in [-0.05, 0) is 36.4 Å². The van der Waals surface area contributed by atoms with Crippen molar-refractivity contribution in [1.82, 2.24) is 19.7 Å². The average molecular weight is 470 g/mol. The van der Waals surface area contributed by atoms with Crippen LogP contribution in [0.25, 0.3) is 0 Å². The molecule has 0 spiro atoms. The highest BCUT2D eigenvalue weighted by Crippen LogP contribution is 2.28. The van der Waals surface area contributed by atoms with E-state index in [4.69, 9.17) is 11.6 Å². The highest BCUT2D eigenvalue weighted by Gasteiger charge is 2.11. The summed E-state index contributed by atoms with van der Waals surface area (Å²) in [6, 6.07) is 15.0. The quantitative estimate of drug-likeness (QED) is 0.275. The van der Waals surface area contributed by atoms with Crippen LogP contribution in [0.2, 0.25) is 5.02 Å². The van der Waals surface area contributed by atoms with Crippen LogP contribution in [-0.2, 0) is 11.8 Å². The molecule has 4 aromatic rings. The first-order valence-corrected chi connectivity index (χ1v) is 10.6. The Labute approximate surface area is 201 Å². The minimum atomic E-state index is -0.322. The lowest BCUT2D eigenvalue weighted by Gasteiger charge is -2.13. The van der Waals surface area contributed by atoms with Crippen molar-refractivity contribution in [1.29, 1.82) is 0 Å². The summed E-state index contributed by atoms with van der Waals surface area (Å²) in [5.74, 6) is 6.69. The second-order valence-electron chi connectivity index (χ2n) is 7.11. The summed E-state index contributed by atoms with van der Waals surface area (Å²) >= 11 is 6.37. The molecule has 2 heterocycles. The van der Waals surface area contributed by atoms with Crippen LogP contribution in [0.5, 0.6) is 0 Å². The van der Waals surface area contributed by atoms with Gasteiger partial charge in [-0.2, -0.15) is 10.1 Å². The summed E-state index contributed by atoms with van der Waals surface area (Å²) in [5, 5.41) is 13.5. The van der Waals surface area contributed by atoms with Crippen LogP contribution in [-0.4, -0.2) is 25.7 Å². The molecule has 0 aliphatic carbocycles. The molecular weight excluding hydrogens is 450 g/mol. The first-order chi connectivity index (χ1) is 16.5. The van der Waals surface area contributed by atoms with Gasteiger partial charge in [0.1, 0.15) is 5.02 Å². The smallest absolute Gasteiger partial charge is 0.247 e. The van der Waals surface area contributed by atoms with Gasteiger partial charge in [0.2, 0.25) is 11.9 Å². The fourth-order valence-corrected chi connectivity index (χ4v) is 3.08. The van der Waals surface area contributed by atoms with Crippen LogP contribution in [0.3, 0.4) is 0 Å². The molecule has 34 heavy (non-hydrogen) atoms. The van der Waals surface area contributed by atoms with Crippen LogP contribution in [0.1, 0.15) is 11.1 Å². The normalized spacial score (nSPS) is 10.1. The number of hydrogen-bond donors (Lipinski definition) is 3. The van der Waals surface area contributed by atoms with Gasteiger partial charge >= 0.3 is 0 Å². The van der Waals surface area contributed by atoms with Gasteiger partial charge in [0.15, 0.2) is 5.82 Å². The molecule has 4 rings (SSSR count). The second-order valence-corrected chi connectivity index (χ2v) is 7.52. The largest absolute Gasteiger partial charge is 0.338 e. The fourth-order valence-electron chi connectivity index (χ4n) is 2.95. The zero-order valence-corrected chi connectivity index (χ0v) is 19.0. The van der Waals surface area contributed by atoms with Crippen LogP contribution in [0.15, 0.2) is 79.8 Å². The SMILES string of the molecule is C=CC(=O)Nc1ccc(C#Cc2ccccc2)c(Nc2nc(Nc3cnn(C)c3)ncc2Cl)c1. The van der Waals surface area contributed by atoms with E-state index in [0.717, 1.165) is 11.3 Å². The third-order valence-corrected chi connectivity index (χ3v) is 4.82. The standard InChI is InChI=1S/C25H20ClN7O/c1-3-23(34)29-19-12-11-18(10-9-17-7-5-4-6-8-17)22(13-19)31-24-21(26)15-27-25(32-24)30-20-14-28-33(2)16-20/h3-8,11-16H,1H2,2H3,(H,29,34)(H2,27,30,31,32). The Morgan fingerprint density at radius 1 is 1.09 bits per heavy atom. The monoisotopic (exact) mass is 469 g/mol. The van der Waals surface area contributed by atoms with Gasteiger partial charge in [-0.25, -0.2) is 4.98 Å². The van der Waals surface area contributed by atoms with Crippen molar-refractivity contribution in [3.05, 3.63) is 95.9 Å². The maximum absolute atomic E-state index is 11.8. The summed E-state index contributed by atoms with van der Waals surface area (Å²) in [5.41, 5.74) is 3.48. The van der Waals surface area contributed by atoms with E-state index in [1.165, 1.54) is 12.3 Å². The van der Waals surface area contributed by atoms with Crippen molar-refractivity contribution in [3.8, 4) is 11.8 Å². The van der Waals surface area contributed by atoms with Crippen LogP contribution < -0.4 is 16.0 Å². The zero-order chi connectivity index (χ0) is 23.9. The highest BCUT2D eigenvalue weighted by atomic mass is 35.5. The topological polar surface area (TPSA) is 96.8 Å². The first kappa shape index (κ1) is 22.6. The number of aryl methyl sites for hydroxylation is 1. The van der Waals surface area contributed by atoms with Gasteiger partial charge in [-0.1, -0.05) is 48.2 Å². The molecule has 2 aromatic heterocycles. The second kappa shape index (κ2) is 10.3. The van der Waals surface area contributed by atoms with Gasteiger partial charge in [0.25, 0.3) is 0 Å². The van der Waals surface area contributed by atoms with E-state index >= 15 is 0 Å². The van der Waals surface area contributed by atoms with Crippen molar-refractivity contribution in [2.45, 2.75) is 0 Å². The number of hydrogen-bond acceptors (Lipinski definition) is 6. The Bertz CT molecular complexity index is 1400. The first-order valence-electron chi connectivity index (χ1n) is 10.2. The van der Waals surface area contributed by atoms with Crippen molar-refractivity contribution in [3.63, 3.8) is 0 Å². The molecule has 0 unspecified atom stereocenters. The van der Waals surface area contributed by atoms with Crippen LogP contribution in [0, 0.1) is 11.8 Å². The van der Waals surface area contributed by atoms with Gasteiger partial charge in [0.05, 0.1) is 23.8 Å². The average Bonchev–Trinajstić information content (AvgIpc) is 3.25. The Kier molecular flexibility index (Phi) is 6.87. The molecule has 1 amide bonds. The van der Waals surface area contributed by atoms with Gasteiger partial charge < -0.3 is 16.0 Å². The molecule has 0 radical (unpaired) electrons. The number of carbonyl (C=O) groups is 1. The van der Waals surface area contributed by atoms with Crippen molar-refractivity contribution in [2.24, 2.45) is 7.05 Å². The lowest BCUT2D eigenvalue weighted by molar-refractivity contribution is -0.111. The number of amides is 1. The van der Waals surface area contributed by atoms with E-state index in [-0.39, 0.29) is 5.91 Å². The molecule has 0 aliphatic rings. The van der Waals surface area contributed by atoms with Gasteiger partial charge in [-0.3, -0.25) is 9.48 Å². The predicted octanol–water partition coefficient (Wildman–Crippen LogP) is 4.88. The third kappa shape index (κ3) is 5.79. The minimum Gasteiger partial charge on any atom is -0.338 e. The number of rotatable bonds is 6. The van der Waals surface area contributed by atoms with Crippen LogP contribution in [0.4, 0.5) is 28.8 Å². The van der Waals surface area contributed by atoms with Crippen molar-refractivity contribution in [2.75, 3.05) is 16.0 Å². The Morgan fingerprint density at radius 2 is 1.91 bits per heavy atom. The lowest BCUT2D eigenvalue weighted by atomic mass is 10.1. The number of anilines is 5. The fraction of sp³-hybridized carbons (Fsp3) is 0.0400.